The third-order valence-electron chi connectivity index (χ3n) is 4.69. The molecule has 26 heavy (non-hydrogen) atoms. The molecule has 1 aliphatic rings. The highest BCUT2D eigenvalue weighted by atomic mass is 16.5. The van der Waals surface area contributed by atoms with Gasteiger partial charge >= 0.3 is 0 Å². The van der Waals surface area contributed by atoms with Crippen LogP contribution in [0, 0.1) is 6.92 Å². The van der Waals surface area contributed by atoms with Gasteiger partial charge in [0.25, 0.3) is 0 Å². The molecule has 1 fully saturated rings. The number of aromatic hydroxyl groups is 1. The lowest BCUT2D eigenvalue weighted by atomic mass is 10.1. The highest BCUT2D eigenvalue weighted by molar-refractivity contribution is 5.95. The fourth-order valence-electron chi connectivity index (χ4n) is 3.25. The van der Waals surface area contributed by atoms with Crippen LogP contribution >= 0.6 is 0 Å². The Bertz CT molecular complexity index is 918. The van der Waals surface area contributed by atoms with E-state index in [0.717, 1.165) is 40.9 Å². The first kappa shape index (κ1) is 16.6. The second-order valence-corrected chi connectivity index (χ2v) is 6.60. The minimum atomic E-state index is 0.274. The predicted molar refractivity (Wildman–Crippen MR) is 102 cm³/mol. The van der Waals surface area contributed by atoms with Gasteiger partial charge in [0.2, 0.25) is 0 Å². The Hall–Kier alpha value is -2.86. The van der Waals surface area contributed by atoms with Gasteiger partial charge in [0.15, 0.2) is 0 Å². The van der Waals surface area contributed by atoms with Gasteiger partial charge in [-0.25, -0.2) is 9.97 Å². The van der Waals surface area contributed by atoms with Crippen molar-refractivity contribution in [3.05, 3.63) is 48.3 Å². The van der Waals surface area contributed by atoms with Gasteiger partial charge in [-0.05, 0) is 62.2 Å². The van der Waals surface area contributed by atoms with Crippen LogP contribution in [0.4, 0.5) is 11.5 Å². The molecule has 0 amide bonds. The number of hydrogen-bond donors (Lipinski definition) is 3. The Morgan fingerprint density at radius 2 is 2.19 bits per heavy atom. The minimum Gasteiger partial charge on any atom is -0.508 e. The molecule has 4 rings (SSSR count). The van der Waals surface area contributed by atoms with Crippen LogP contribution in [-0.4, -0.2) is 34.3 Å². The third kappa shape index (κ3) is 3.41. The number of anilines is 2. The van der Waals surface area contributed by atoms with Crippen LogP contribution in [0.15, 0.2) is 42.7 Å². The molecular weight excluding hydrogens is 328 g/mol. The first-order chi connectivity index (χ1) is 12.7. The SMILES string of the molecule is Cc1cc(Nc2ncnc3cccc(OC[C@H]4CCCN4)c23)ccc1O. The molecule has 0 bridgehead atoms. The van der Waals surface area contributed by atoms with Gasteiger partial charge in [-0.1, -0.05) is 6.07 Å². The van der Waals surface area contributed by atoms with Crippen LogP contribution in [0.3, 0.4) is 0 Å². The summed E-state index contributed by atoms with van der Waals surface area (Å²) in [6.07, 6.45) is 3.87. The fraction of sp³-hybridized carbons (Fsp3) is 0.300. The molecule has 6 nitrogen and oxygen atoms in total. The average Bonchev–Trinajstić information content (AvgIpc) is 3.17. The van der Waals surface area contributed by atoms with Crippen molar-refractivity contribution in [1.82, 2.24) is 15.3 Å². The maximum Gasteiger partial charge on any atom is 0.145 e. The molecule has 1 saturated heterocycles. The Balaban J connectivity index is 1.66. The number of hydrogen-bond acceptors (Lipinski definition) is 6. The second-order valence-electron chi connectivity index (χ2n) is 6.60. The summed E-state index contributed by atoms with van der Waals surface area (Å²) >= 11 is 0. The summed E-state index contributed by atoms with van der Waals surface area (Å²) in [4.78, 5) is 8.78. The molecular formula is C20H22N4O2. The van der Waals surface area contributed by atoms with Gasteiger partial charge in [-0.2, -0.15) is 0 Å². The van der Waals surface area contributed by atoms with E-state index in [0.29, 0.717) is 18.5 Å². The zero-order valence-corrected chi connectivity index (χ0v) is 14.7. The van der Waals surface area contributed by atoms with Crippen molar-refractivity contribution in [1.29, 1.82) is 0 Å². The van der Waals surface area contributed by atoms with Gasteiger partial charge in [0, 0.05) is 11.7 Å². The molecule has 0 unspecified atom stereocenters. The van der Waals surface area contributed by atoms with Crippen LogP contribution in [0.1, 0.15) is 18.4 Å². The monoisotopic (exact) mass is 350 g/mol. The largest absolute Gasteiger partial charge is 0.508 e. The lowest BCUT2D eigenvalue weighted by Crippen LogP contribution is -2.28. The summed E-state index contributed by atoms with van der Waals surface area (Å²) < 4.78 is 6.10. The quantitative estimate of drug-likeness (QED) is 0.611. The molecule has 0 saturated carbocycles. The molecule has 134 valence electrons. The van der Waals surface area contributed by atoms with Gasteiger partial charge in [0.1, 0.15) is 30.3 Å². The molecule has 0 aliphatic carbocycles. The van der Waals surface area contributed by atoms with Crippen LogP contribution in [-0.2, 0) is 0 Å². The minimum absolute atomic E-state index is 0.274. The first-order valence-electron chi connectivity index (χ1n) is 8.87. The smallest absolute Gasteiger partial charge is 0.145 e. The van der Waals surface area contributed by atoms with Gasteiger partial charge in [-0.3, -0.25) is 0 Å². The van der Waals surface area contributed by atoms with Crippen LogP contribution in [0.5, 0.6) is 11.5 Å². The van der Waals surface area contributed by atoms with Crippen LogP contribution in [0.2, 0.25) is 0 Å². The molecule has 2 heterocycles. The number of aryl methyl sites for hydroxylation is 1. The number of nitrogens with zero attached hydrogens (tertiary/aromatic N) is 2. The number of rotatable bonds is 5. The summed E-state index contributed by atoms with van der Waals surface area (Å²) in [5, 5.41) is 17.4. The van der Waals surface area contributed by atoms with Crippen LogP contribution in [0.25, 0.3) is 10.9 Å². The Kier molecular flexibility index (Phi) is 4.58. The molecule has 2 aromatic carbocycles. The first-order valence-corrected chi connectivity index (χ1v) is 8.87. The number of nitrogens with one attached hydrogen (secondary N) is 2. The number of phenols is 1. The number of fused-ring (bicyclic) bond motifs is 1. The predicted octanol–water partition coefficient (Wildman–Crippen LogP) is 3.52. The molecule has 0 spiro atoms. The van der Waals surface area contributed by atoms with Gasteiger partial charge in [-0.15, -0.1) is 0 Å². The number of benzene rings is 2. The summed E-state index contributed by atoms with van der Waals surface area (Å²) in [5.74, 6) is 1.74. The highest BCUT2D eigenvalue weighted by Crippen LogP contribution is 2.32. The van der Waals surface area contributed by atoms with E-state index in [1.807, 2.05) is 37.3 Å². The van der Waals surface area contributed by atoms with Crippen LogP contribution < -0.4 is 15.4 Å². The summed E-state index contributed by atoms with van der Waals surface area (Å²) in [6, 6.07) is 11.6. The third-order valence-corrected chi connectivity index (χ3v) is 4.69. The molecule has 1 aromatic heterocycles. The zero-order chi connectivity index (χ0) is 17.9. The van der Waals surface area contributed by atoms with E-state index in [9.17, 15) is 5.11 Å². The van der Waals surface area contributed by atoms with Crippen molar-refractivity contribution in [2.75, 3.05) is 18.5 Å². The molecule has 3 N–H and O–H groups in total. The Morgan fingerprint density at radius 3 is 3.00 bits per heavy atom. The maximum absolute atomic E-state index is 9.72. The Morgan fingerprint density at radius 1 is 1.27 bits per heavy atom. The van der Waals surface area contributed by atoms with Gasteiger partial charge in [0.05, 0.1) is 10.9 Å². The van der Waals surface area contributed by atoms with E-state index in [1.54, 1.807) is 12.4 Å². The van der Waals surface area contributed by atoms with Crippen molar-refractivity contribution in [2.45, 2.75) is 25.8 Å². The van der Waals surface area contributed by atoms with Crippen molar-refractivity contribution < 1.29 is 9.84 Å². The summed E-state index contributed by atoms with van der Waals surface area (Å²) in [6.45, 7) is 3.55. The van der Waals surface area contributed by atoms with E-state index >= 15 is 0 Å². The summed E-state index contributed by atoms with van der Waals surface area (Å²) in [5.41, 5.74) is 2.49. The lowest BCUT2D eigenvalue weighted by molar-refractivity contribution is 0.280. The molecule has 0 radical (unpaired) electrons. The average molecular weight is 350 g/mol. The molecule has 6 heteroatoms. The normalized spacial score (nSPS) is 16.7. The fourth-order valence-corrected chi connectivity index (χ4v) is 3.25. The standard InChI is InChI=1S/C20H22N4O2/c1-13-10-14(7-8-17(13)25)24-20-19-16(22-12-23-20)5-2-6-18(19)26-11-15-4-3-9-21-15/h2,5-8,10,12,15,21,25H,3-4,9,11H2,1H3,(H,22,23,24)/t15-/m1/s1. The summed E-state index contributed by atoms with van der Waals surface area (Å²) in [7, 11) is 0. The second kappa shape index (κ2) is 7.17. The van der Waals surface area contributed by atoms with Crippen molar-refractivity contribution >= 4 is 22.4 Å². The number of phenolic OH excluding ortho intramolecular Hbond substituents is 1. The maximum atomic E-state index is 9.72. The molecule has 1 atom stereocenters. The van der Waals surface area contributed by atoms with E-state index in [4.69, 9.17) is 4.74 Å². The van der Waals surface area contributed by atoms with E-state index < -0.39 is 0 Å². The number of ether oxygens (including phenoxy) is 1. The topological polar surface area (TPSA) is 79.3 Å². The number of aromatic nitrogens is 2. The van der Waals surface area contributed by atoms with Crippen molar-refractivity contribution in [3.63, 3.8) is 0 Å². The lowest BCUT2D eigenvalue weighted by Gasteiger charge is -2.16. The van der Waals surface area contributed by atoms with E-state index in [-0.39, 0.29) is 5.75 Å². The Labute approximate surface area is 152 Å². The van der Waals surface area contributed by atoms with E-state index in [1.165, 1.54) is 6.42 Å². The highest BCUT2D eigenvalue weighted by Gasteiger charge is 2.16. The van der Waals surface area contributed by atoms with Crippen molar-refractivity contribution in [3.8, 4) is 11.5 Å². The molecule has 3 aromatic rings. The molecule has 1 aliphatic heterocycles. The van der Waals surface area contributed by atoms with E-state index in [2.05, 4.69) is 20.6 Å². The van der Waals surface area contributed by atoms with Gasteiger partial charge < -0.3 is 20.5 Å². The zero-order valence-electron chi connectivity index (χ0n) is 14.7. The van der Waals surface area contributed by atoms with Crippen molar-refractivity contribution in [2.24, 2.45) is 0 Å².